The first-order valence-corrected chi connectivity index (χ1v) is 12.5. The number of nitrogens with one attached hydrogen (secondary N) is 1. The van der Waals surface area contributed by atoms with Gasteiger partial charge in [-0.15, -0.1) is 0 Å². The minimum Gasteiger partial charge on any atom is -0.324 e. The lowest BCUT2D eigenvalue weighted by molar-refractivity contribution is 0.794. The quantitative estimate of drug-likeness (QED) is 0.267. The molecule has 4 nitrogen and oxygen atoms in total. The summed E-state index contributed by atoms with van der Waals surface area (Å²) in [4.78, 5) is 21.9. The third-order valence-corrected chi connectivity index (χ3v) is 8.38. The summed E-state index contributed by atoms with van der Waals surface area (Å²) in [6.07, 6.45) is 0. The van der Waals surface area contributed by atoms with Crippen molar-refractivity contribution in [1.29, 1.82) is 0 Å². The van der Waals surface area contributed by atoms with E-state index in [1.807, 2.05) is 24.3 Å². The Bertz CT molecular complexity index is 2140. The molecule has 37 heavy (non-hydrogen) atoms. The molecule has 5 aromatic carbocycles. The number of benzene rings is 5. The van der Waals surface area contributed by atoms with E-state index in [0.29, 0.717) is 11.2 Å². The molecule has 0 fully saturated rings. The van der Waals surface area contributed by atoms with Gasteiger partial charge >= 0.3 is 0 Å². The van der Waals surface area contributed by atoms with E-state index in [1.165, 1.54) is 38.9 Å². The molecule has 0 amide bonds. The summed E-state index contributed by atoms with van der Waals surface area (Å²) in [6, 6.07) is 38.2. The highest BCUT2D eigenvalue weighted by Gasteiger charge is 2.51. The summed E-state index contributed by atoms with van der Waals surface area (Å²) in [5.41, 5.74) is 12.0. The Morgan fingerprint density at radius 1 is 0.622 bits per heavy atom. The van der Waals surface area contributed by atoms with Gasteiger partial charge in [-0.1, -0.05) is 84.9 Å². The van der Waals surface area contributed by atoms with Gasteiger partial charge in [0.25, 0.3) is 5.56 Å². The second kappa shape index (κ2) is 6.42. The molecule has 0 atom stereocenters. The summed E-state index contributed by atoms with van der Waals surface area (Å²) in [5, 5.41) is 0.658. The molecular weight excluding hydrogens is 454 g/mol. The van der Waals surface area contributed by atoms with Crippen LogP contribution in [-0.2, 0) is 5.41 Å². The van der Waals surface area contributed by atoms with Crippen LogP contribution in [0, 0.1) is 0 Å². The summed E-state index contributed by atoms with van der Waals surface area (Å²) in [6.45, 7) is 0. The molecule has 0 aliphatic heterocycles. The molecule has 2 aliphatic carbocycles. The smallest absolute Gasteiger partial charge is 0.267 e. The Kier molecular flexibility index (Phi) is 3.34. The topological polar surface area (TPSA) is 50.2 Å². The molecule has 0 saturated carbocycles. The Labute approximate surface area is 211 Å². The van der Waals surface area contributed by atoms with Crippen LogP contribution in [0.3, 0.4) is 0 Å². The molecule has 0 unspecified atom stereocenters. The third-order valence-electron chi connectivity index (χ3n) is 8.38. The minimum atomic E-state index is -0.419. The summed E-state index contributed by atoms with van der Waals surface area (Å²) >= 11 is 0. The van der Waals surface area contributed by atoms with Crippen molar-refractivity contribution in [2.45, 2.75) is 5.41 Å². The van der Waals surface area contributed by atoms with E-state index >= 15 is 0 Å². The summed E-state index contributed by atoms with van der Waals surface area (Å²) in [5.74, 6) is 0.567. The van der Waals surface area contributed by atoms with Gasteiger partial charge in [-0.25, -0.2) is 9.38 Å². The van der Waals surface area contributed by atoms with Gasteiger partial charge in [0.05, 0.1) is 27.4 Å². The van der Waals surface area contributed by atoms with Crippen LogP contribution < -0.4 is 5.56 Å². The molecule has 2 aromatic heterocycles. The van der Waals surface area contributed by atoms with E-state index in [1.54, 1.807) is 4.40 Å². The van der Waals surface area contributed by atoms with Crippen LogP contribution in [0.5, 0.6) is 0 Å². The van der Waals surface area contributed by atoms with Crippen LogP contribution in [0.2, 0.25) is 0 Å². The van der Waals surface area contributed by atoms with Gasteiger partial charge in [0, 0.05) is 0 Å². The number of nitrogens with zero attached hydrogens (tertiary/aromatic N) is 2. The number of rotatable bonds is 0. The van der Waals surface area contributed by atoms with Crippen LogP contribution in [0.15, 0.2) is 114 Å². The Balaban J connectivity index is 1.48. The van der Waals surface area contributed by atoms with Crippen molar-refractivity contribution in [1.82, 2.24) is 14.4 Å². The number of hydrogen-bond acceptors (Lipinski definition) is 2. The first-order chi connectivity index (χ1) is 18.3. The zero-order chi connectivity index (χ0) is 24.3. The van der Waals surface area contributed by atoms with Gasteiger partial charge in [-0.2, -0.15) is 0 Å². The van der Waals surface area contributed by atoms with Crippen molar-refractivity contribution in [3.63, 3.8) is 0 Å². The summed E-state index contributed by atoms with van der Waals surface area (Å²) in [7, 11) is 0. The fraction of sp³-hybridized carbons (Fsp3) is 0.0303. The first kappa shape index (κ1) is 19.3. The van der Waals surface area contributed by atoms with Crippen LogP contribution in [-0.4, -0.2) is 14.4 Å². The van der Waals surface area contributed by atoms with Crippen molar-refractivity contribution < 1.29 is 0 Å². The van der Waals surface area contributed by atoms with E-state index in [-0.39, 0.29) is 5.56 Å². The second-order valence-corrected chi connectivity index (χ2v) is 10.0. The Hall–Kier alpha value is -4.96. The van der Waals surface area contributed by atoms with Crippen LogP contribution in [0.1, 0.15) is 22.3 Å². The number of H-pyrrole nitrogens is 1. The van der Waals surface area contributed by atoms with Gasteiger partial charge in [0.2, 0.25) is 5.78 Å². The Morgan fingerprint density at radius 2 is 1.19 bits per heavy atom. The average Bonchev–Trinajstić information content (AvgIpc) is 3.55. The largest absolute Gasteiger partial charge is 0.324 e. The number of aromatic nitrogens is 3. The lowest BCUT2D eigenvalue weighted by atomic mass is 9.70. The fourth-order valence-electron chi connectivity index (χ4n) is 6.97. The van der Waals surface area contributed by atoms with E-state index in [0.717, 1.165) is 22.1 Å². The molecular formula is C33H19N3O. The molecule has 0 radical (unpaired) electrons. The number of imidazole rings is 1. The zero-order valence-corrected chi connectivity index (χ0v) is 19.7. The SMILES string of the molecule is O=c1c2ccccc2[nH]c2nc3cc4c(cc3n12)-c1ccccc1C41c2ccccc2-c2ccccc21. The lowest BCUT2D eigenvalue weighted by Crippen LogP contribution is -2.25. The number of para-hydroxylation sites is 1. The predicted octanol–water partition coefficient (Wildman–Crippen LogP) is 6.67. The van der Waals surface area contributed by atoms with E-state index in [4.69, 9.17) is 4.98 Å². The van der Waals surface area contributed by atoms with Gasteiger partial charge in [0.15, 0.2) is 0 Å². The molecule has 2 heterocycles. The average molecular weight is 474 g/mol. The number of hydrogen-bond donors (Lipinski definition) is 1. The van der Waals surface area contributed by atoms with Gasteiger partial charge < -0.3 is 4.98 Å². The van der Waals surface area contributed by atoms with Crippen LogP contribution in [0.25, 0.3) is 50.0 Å². The van der Waals surface area contributed by atoms with Gasteiger partial charge in [-0.3, -0.25) is 4.79 Å². The molecule has 9 rings (SSSR count). The van der Waals surface area contributed by atoms with Crippen molar-refractivity contribution in [3.05, 3.63) is 142 Å². The Morgan fingerprint density at radius 3 is 1.86 bits per heavy atom. The lowest BCUT2D eigenvalue weighted by Gasteiger charge is -2.30. The predicted molar refractivity (Wildman–Crippen MR) is 147 cm³/mol. The maximum Gasteiger partial charge on any atom is 0.267 e. The number of fused-ring (bicyclic) bond motifs is 14. The molecule has 1 N–H and O–H groups in total. The molecule has 4 heteroatoms. The van der Waals surface area contributed by atoms with E-state index in [2.05, 4.69) is 89.9 Å². The number of aromatic amines is 1. The highest BCUT2D eigenvalue weighted by atomic mass is 16.1. The molecule has 0 saturated heterocycles. The van der Waals surface area contributed by atoms with Crippen LogP contribution >= 0.6 is 0 Å². The zero-order valence-electron chi connectivity index (χ0n) is 19.7. The van der Waals surface area contributed by atoms with Crippen molar-refractivity contribution in [2.75, 3.05) is 0 Å². The van der Waals surface area contributed by atoms with Crippen molar-refractivity contribution in [3.8, 4) is 22.3 Å². The standard InChI is InChI=1S/C33H19N3O/c37-31-22-12-4-8-16-28(22)34-32-35-29-18-27-23(17-30(29)36(31)32)21-11-3-7-15-26(21)33(27)24-13-5-1-9-19(24)20-10-2-6-14-25(20)33/h1-18H,(H,34,35). The fourth-order valence-corrected chi connectivity index (χ4v) is 6.97. The van der Waals surface area contributed by atoms with E-state index < -0.39 is 5.41 Å². The molecule has 1 spiro atoms. The van der Waals surface area contributed by atoms with Crippen molar-refractivity contribution >= 4 is 27.7 Å². The molecule has 0 bridgehead atoms. The molecule has 2 aliphatic rings. The van der Waals surface area contributed by atoms with Gasteiger partial charge in [0.1, 0.15) is 0 Å². The molecule has 7 aromatic rings. The monoisotopic (exact) mass is 473 g/mol. The summed E-state index contributed by atoms with van der Waals surface area (Å²) < 4.78 is 1.72. The maximum atomic E-state index is 13.6. The third kappa shape index (κ3) is 2.12. The van der Waals surface area contributed by atoms with Gasteiger partial charge in [-0.05, 0) is 68.8 Å². The minimum absolute atomic E-state index is 0.0515. The maximum absolute atomic E-state index is 13.6. The van der Waals surface area contributed by atoms with E-state index in [9.17, 15) is 4.79 Å². The second-order valence-electron chi connectivity index (χ2n) is 10.0. The first-order valence-electron chi connectivity index (χ1n) is 12.5. The van der Waals surface area contributed by atoms with Crippen LogP contribution in [0.4, 0.5) is 0 Å². The molecule has 172 valence electrons. The normalized spacial score (nSPS) is 14.3. The van der Waals surface area contributed by atoms with Crippen molar-refractivity contribution in [2.24, 2.45) is 0 Å². The highest BCUT2D eigenvalue weighted by molar-refractivity contribution is 5.99. The highest BCUT2D eigenvalue weighted by Crippen LogP contribution is 2.62.